The number of nitrogen functional groups attached to an aromatic ring is 1. The second-order valence-electron chi connectivity index (χ2n) is 9.10. The van der Waals surface area contributed by atoms with Crippen molar-refractivity contribution in [3.63, 3.8) is 0 Å². The van der Waals surface area contributed by atoms with Crippen molar-refractivity contribution >= 4 is 5.82 Å². The Kier molecular flexibility index (Phi) is 3.93. The van der Waals surface area contributed by atoms with Crippen LogP contribution in [0, 0.1) is 23.2 Å². The summed E-state index contributed by atoms with van der Waals surface area (Å²) in [6.07, 6.45) is 6.74. The Morgan fingerprint density at radius 3 is 2.52 bits per heavy atom. The number of rotatable bonds is 4. The quantitative estimate of drug-likeness (QED) is 0.862. The van der Waals surface area contributed by atoms with Crippen LogP contribution in [0.25, 0.3) is 11.3 Å². The molecule has 7 nitrogen and oxygen atoms in total. The lowest BCUT2D eigenvalue weighted by atomic mass is 10.1. The lowest BCUT2D eigenvalue weighted by Gasteiger charge is -2.35. The van der Waals surface area contributed by atoms with E-state index in [9.17, 15) is 5.26 Å². The number of piperidine rings is 1. The molecule has 7 heteroatoms. The van der Waals surface area contributed by atoms with Gasteiger partial charge in [-0.2, -0.15) is 10.4 Å². The molecule has 6 rings (SSSR count). The number of likely N-dealkylation sites (tertiary alicyclic amines) is 1. The number of anilines is 1. The summed E-state index contributed by atoms with van der Waals surface area (Å²) in [7, 11) is 0. The molecule has 4 heterocycles. The molecular weight excluding hydrogens is 364 g/mol. The Balaban J connectivity index is 1.31. The number of ether oxygens (including phenoxy) is 1. The predicted octanol–water partition coefficient (Wildman–Crippen LogP) is 2.56. The molecule has 2 N–H and O–H groups in total. The molecule has 3 atom stereocenters. The molecule has 2 aliphatic heterocycles. The van der Waals surface area contributed by atoms with Gasteiger partial charge in [-0.3, -0.25) is 9.58 Å². The van der Waals surface area contributed by atoms with E-state index in [0.29, 0.717) is 23.6 Å². The molecule has 2 aliphatic carbocycles. The van der Waals surface area contributed by atoms with Crippen LogP contribution in [0.1, 0.15) is 48.9 Å². The van der Waals surface area contributed by atoms with Crippen molar-refractivity contribution in [2.75, 3.05) is 32.0 Å². The summed E-state index contributed by atoms with van der Waals surface area (Å²) in [5.74, 6) is 2.40. The molecule has 2 saturated carbocycles. The molecule has 2 aromatic rings. The van der Waals surface area contributed by atoms with Crippen LogP contribution in [-0.4, -0.2) is 52.0 Å². The number of hydrogen-bond acceptors (Lipinski definition) is 6. The first-order valence-corrected chi connectivity index (χ1v) is 10.8. The van der Waals surface area contributed by atoms with Gasteiger partial charge in [-0.15, -0.1) is 0 Å². The average molecular weight is 390 g/mol. The van der Waals surface area contributed by atoms with Crippen molar-refractivity contribution in [3.05, 3.63) is 29.6 Å². The van der Waals surface area contributed by atoms with Gasteiger partial charge >= 0.3 is 0 Å². The molecule has 2 aromatic heterocycles. The number of nitriles is 1. The first kappa shape index (κ1) is 17.4. The van der Waals surface area contributed by atoms with E-state index in [-0.39, 0.29) is 5.82 Å². The molecular formula is C22H26N6O. The molecule has 0 aromatic carbocycles. The largest absolute Gasteiger partial charge is 0.383 e. The van der Waals surface area contributed by atoms with Gasteiger partial charge in [-0.1, -0.05) is 12.8 Å². The molecule has 4 fully saturated rings. The van der Waals surface area contributed by atoms with Crippen molar-refractivity contribution in [1.82, 2.24) is 19.7 Å². The molecule has 150 valence electrons. The molecule has 0 spiro atoms. The zero-order valence-corrected chi connectivity index (χ0v) is 16.5. The van der Waals surface area contributed by atoms with Gasteiger partial charge in [0, 0.05) is 36.5 Å². The van der Waals surface area contributed by atoms with Gasteiger partial charge in [-0.05, 0) is 36.8 Å². The summed E-state index contributed by atoms with van der Waals surface area (Å²) in [5.41, 5.74) is 9.43. The number of fused-ring (bicyclic) bond motifs is 1. The lowest BCUT2D eigenvalue weighted by molar-refractivity contribution is -0.0610. The summed E-state index contributed by atoms with van der Waals surface area (Å²) in [6.45, 7) is 4.19. The van der Waals surface area contributed by atoms with Crippen LogP contribution < -0.4 is 5.73 Å². The smallest absolute Gasteiger partial charge is 0.141 e. The third kappa shape index (κ3) is 2.77. The highest BCUT2D eigenvalue weighted by molar-refractivity contribution is 5.64. The number of nitrogens with zero attached hydrogens (tertiary/aromatic N) is 5. The van der Waals surface area contributed by atoms with Crippen LogP contribution in [0.5, 0.6) is 0 Å². The second-order valence-corrected chi connectivity index (χ2v) is 9.10. The molecule has 0 bridgehead atoms. The van der Waals surface area contributed by atoms with Crippen molar-refractivity contribution in [2.24, 2.45) is 11.8 Å². The van der Waals surface area contributed by atoms with Crippen LogP contribution >= 0.6 is 0 Å². The highest BCUT2D eigenvalue weighted by atomic mass is 16.5. The number of pyridine rings is 1. The Morgan fingerprint density at radius 1 is 1.10 bits per heavy atom. The molecule has 4 aliphatic rings. The van der Waals surface area contributed by atoms with Crippen LogP contribution in [-0.2, 0) is 4.74 Å². The van der Waals surface area contributed by atoms with Gasteiger partial charge in [-0.25, -0.2) is 4.98 Å². The molecule has 1 unspecified atom stereocenters. The summed E-state index contributed by atoms with van der Waals surface area (Å²) < 4.78 is 7.71. The first-order valence-electron chi connectivity index (χ1n) is 10.8. The minimum absolute atomic E-state index is 0.281. The number of nitrogens with two attached hydrogens (primary N) is 1. The topological polar surface area (TPSA) is 93.0 Å². The van der Waals surface area contributed by atoms with E-state index in [1.54, 1.807) is 6.20 Å². The second kappa shape index (κ2) is 6.54. The zero-order chi connectivity index (χ0) is 19.5. The normalized spacial score (nSPS) is 29.6. The van der Waals surface area contributed by atoms with E-state index in [2.05, 4.69) is 26.7 Å². The highest BCUT2D eigenvalue weighted by Gasteiger charge is 2.59. The zero-order valence-electron chi connectivity index (χ0n) is 16.5. The van der Waals surface area contributed by atoms with E-state index in [0.717, 1.165) is 36.3 Å². The van der Waals surface area contributed by atoms with Gasteiger partial charge in [0.15, 0.2) is 0 Å². The van der Waals surface area contributed by atoms with Crippen LogP contribution in [0.4, 0.5) is 5.82 Å². The van der Waals surface area contributed by atoms with Crippen LogP contribution in [0.2, 0.25) is 0 Å². The number of hydrogen-bond donors (Lipinski definition) is 1. The molecule has 29 heavy (non-hydrogen) atoms. The highest BCUT2D eigenvalue weighted by Crippen LogP contribution is 2.59. The SMILES string of the molecule is N#Cc1cc(-c2cc(C3[C@H]4CN(C5COC5)C[C@@H]34)n(C3CCCC3)n2)cnc1N. The monoisotopic (exact) mass is 390 g/mol. The summed E-state index contributed by atoms with van der Waals surface area (Å²) in [5, 5.41) is 14.3. The van der Waals surface area contributed by atoms with Gasteiger partial charge in [0.2, 0.25) is 0 Å². The third-order valence-corrected chi connectivity index (χ3v) is 7.47. The van der Waals surface area contributed by atoms with Crippen molar-refractivity contribution < 1.29 is 4.74 Å². The first-order chi connectivity index (χ1) is 14.2. The van der Waals surface area contributed by atoms with Gasteiger partial charge < -0.3 is 10.5 Å². The van der Waals surface area contributed by atoms with E-state index in [1.165, 1.54) is 44.5 Å². The Morgan fingerprint density at radius 2 is 1.86 bits per heavy atom. The van der Waals surface area contributed by atoms with E-state index in [1.807, 2.05) is 6.07 Å². The maximum absolute atomic E-state index is 9.31. The molecule has 0 radical (unpaired) electrons. The van der Waals surface area contributed by atoms with Crippen LogP contribution in [0.3, 0.4) is 0 Å². The summed E-state index contributed by atoms with van der Waals surface area (Å²) in [4.78, 5) is 6.83. The van der Waals surface area contributed by atoms with Crippen molar-refractivity contribution in [3.8, 4) is 17.3 Å². The van der Waals surface area contributed by atoms with E-state index < -0.39 is 0 Å². The van der Waals surface area contributed by atoms with Gasteiger partial charge in [0.05, 0.1) is 36.6 Å². The Hall–Kier alpha value is -2.43. The fourth-order valence-electron chi connectivity index (χ4n) is 5.68. The Bertz CT molecular complexity index is 972. The van der Waals surface area contributed by atoms with Crippen LogP contribution in [0.15, 0.2) is 18.3 Å². The maximum atomic E-state index is 9.31. The third-order valence-electron chi connectivity index (χ3n) is 7.47. The molecule has 2 saturated heterocycles. The fourth-order valence-corrected chi connectivity index (χ4v) is 5.68. The minimum atomic E-state index is 0.281. The maximum Gasteiger partial charge on any atom is 0.141 e. The summed E-state index contributed by atoms with van der Waals surface area (Å²) >= 11 is 0. The van der Waals surface area contributed by atoms with E-state index in [4.69, 9.17) is 15.6 Å². The van der Waals surface area contributed by atoms with Crippen molar-refractivity contribution in [2.45, 2.75) is 43.7 Å². The Labute approximate surface area is 170 Å². The average Bonchev–Trinajstić information content (AvgIpc) is 3.19. The lowest BCUT2D eigenvalue weighted by Crippen LogP contribution is -2.48. The summed E-state index contributed by atoms with van der Waals surface area (Å²) in [6, 6.07) is 7.36. The van der Waals surface area contributed by atoms with E-state index >= 15 is 0 Å². The van der Waals surface area contributed by atoms with Crippen molar-refractivity contribution in [1.29, 1.82) is 5.26 Å². The number of aromatic nitrogens is 3. The minimum Gasteiger partial charge on any atom is -0.383 e. The molecule has 0 amide bonds. The predicted molar refractivity (Wildman–Crippen MR) is 108 cm³/mol. The van der Waals surface area contributed by atoms with Gasteiger partial charge in [0.1, 0.15) is 11.9 Å². The fraction of sp³-hybridized carbons (Fsp3) is 0.591. The van der Waals surface area contributed by atoms with Gasteiger partial charge in [0.25, 0.3) is 0 Å². The standard InChI is InChI=1S/C22H26N6O/c23-7-13-5-14(8-25-22(13)24)19-6-20(28(26-19)15-3-1-2-4-15)21-17-9-27(10-18(17)21)16-11-29-12-16/h5-6,8,15-18,21H,1-4,9-12H2,(H2,24,25)/t17-,18+,21?.